The number of nitrogens with zero attached hydrogens (tertiary/aromatic N) is 6. The molecule has 312 valence electrons. The Morgan fingerprint density at radius 2 is 1.41 bits per heavy atom. The van der Waals surface area contributed by atoms with Crippen molar-refractivity contribution in [3.63, 3.8) is 0 Å². The molecule has 11 nitrogen and oxygen atoms in total. The van der Waals surface area contributed by atoms with E-state index in [1.807, 2.05) is 94.6 Å². The molecule has 4 aromatic rings. The van der Waals surface area contributed by atoms with Crippen LogP contribution >= 0.6 is 0 Å². The van der Waals surface area contributed by atoms with E-state index in [1.165, 1.54) is 5.56 Å². The average Bonchev–Trinajstić information content (AvgIpc) is 3.27. The van der Waals surface area contributed by atoms with Crippen LogP contribution in [0, 0.1) is 0 Å². The van der Waals surface area contributed by atoms with Gasteiger partial charge in [0.05, 0.1) is 13.2 Å². The molecule has 2 heterocycles. The number of piperazine rings is 2. The summed E-state index contributed by atoms with van der Waals surface area (Å²) in [4.78, 5) is 53.4. The van der Waals surface area contributed by atoms with E-state index in [2.05, 4.69) is 53.1 Å². The van der Waals surface area contributed by atoms with E-state index in [4.69, 9.17) is 4.74 Å². The Balaban J connectivity index is 1.21. The van der Waals surface area contributed by atoms with Crippen molar-refractivity contribution in [1.29, 1.82) is 0 Å². The third kappa shape index (κ3) is 12.2. The van der Waals surface area contributed by atoms with Gasteiger partial charge in [-0.25, -0.2) is 0 Å². The molecule has 0 bridgehead atoms. The number of amides is 3. The molecular formula is C48H60N6O5. The molecule has 2 aliphatic rings. The van der Waals surface area contributed by atoms with Gasteiger partial charge in [-0.1, -0.05) is 73.7 Å². The molecule has 59 heavy (non-hydrogen) atoms. The monoisotopic (exact) mass is 800 g/mol. The minimum absolute atomic E-state index is 0.0519. The quantitative estimate of drug-likeness (QED) is 0.139. The number of carbonyl (C=O) groups is 3. The molecule has 0 radical (unpaired) electrons. The number of carbonyl (C=O) groups excluding carboxylic acids is 3. The molecule has 2 aliphatic heterocycles. The van der Waals surface area contributed by atoms with Crippen molar-refractivity contribution in [2.24, 2.45) is 0 Å². The molecule has 1 N–H and O–H groups in total. The molecule has 3 amide bonds. The lowest BCUT2D eigenvalue weighted by Crippen LogP contribution is -2.56. The second-order valence-corrected chi connectivity index (χ2v) is 15.5. The van der Waals surface area contributed by atoms with Gasteiger partial charge in [0.2, 0.25) is 17.7 Å². The van der Waals surface area contributed by atoms with Gasteiger partial charge in [0.1, 0.15) is 11.8 Å². The summed E-state index contributed by atoms with van der Waals surface area (Å²) in [6.07, 6.45) is 4.70. The van der Waals surface area contributed by atoms with Crippen LogP contribution in [0.25, 0.3) is 6.08 Å². The van der Waals surface area contributed by atoms with Crippen molar-refractivity contribution in [1.82, 2.24) is 19.6 Å². The van der Waals surface area contributed by atoms with E-state index < -0.39 is 6.04 Å². The van der Waals surface area contributed by atoms with Crippen LogP contribution in [0.4, 0.5) is 11.4 Å². The number of hydrogen-bond acceptors (Lipinski definition) is 8. The predicted octanol–water partition coefficient (Wildman–Crippen LogP) is 5.57. The second kappa shape index (κ2) is 21.4. The molecule has 0 aromatic heterocycles. The number of hydrogen-bond donors (Lipinski definition) is 1. The summed E-state index contributed by atoms with van der Waals surface area (Å²) < 4.78 is 5.76. The maximum absolute atomic E-state index is 14.8. The van der Waals surface area contributed by atoms with Gasteiger partial charge in [0.15, 0.2) is 0 Å². The average molecular weight is 801 g/mol. The SMILES string of the molecule is CCCOc1ccc(/C=C/C(=O)N(Cc2ccc(N3CCN(C(C)=O)CC3)cc2)[C@@H](Cc2ccccc2)C(=O)N2CCN(Cc3ccc(N(C)CCO)cc3)CC2)cc1. The minimum atomic E-state index is -0.728. The van der Waals surface area contributed by atoms with Crippen LogP contribution < -0.4 is 14.5 Å². The number of benzene rings is 4. The summed E-state index contributed by atoms with van der Waals surface area (Å²) in [5.74, 6) is 0.601. The number of likely N-dealkylation sites (N-methyl/N-ethyl adjacent to an activating group) is 1. The molecule has 6 rings (SSSR count). The zero-order valence-corrected chi connectivity index (χ0v) is 34.9. The zero-order chi connectivity index (χ0) is 41.6. The van der Waals surface area contributed by atoms with E-state index in [1.54, 1.807) is 17.9 Å². The Kier molecular flexibility index (Phi) is 15.6. The van der Waals surface area contributed by atoms with Crippen molar-refractivity contribution >= 4 is 35.2 Å². The summed E-state index contributed by atoms with van der Waals surface area (Å²) in [5.41, 5.74) is 6.11. The molecule has 2 fully saturated rings. The summed E-state index contributed by atoms with van der Waals surface area (Å²) >= 11 is 0. The Hall–Kier alpha value is -5.65. The Morgan fingerprint density at radius 3 is 2.03 bits per heavy atom. The molecule has 0 aliphatic carbocycles. The fourth-order valence-corrected chi connectivity index (χ4v) is 7.69. The normalized spacial score (nSPS) is 15.3. The highest BCUT2D eigenvalue weighted by atomic mass is 16.5. The predicted molar refractivity (Wildman–Crippen MR) is 235 cm³/mol. The van der Waals surface area contributed by atoms with Crippen LogP contribution in [0.15, 0.2) is 109 Å². The number of anilines is 2. The molecule has 2 saturated heterocycles. The van der Waals surface area contributed by atoms with Crippen LogP contribution in [-0.4, -0.2) is 128 Å². The second-order valence-electron chi connectivity index (χ2n) is 15.5. The van der Waals surface area contributed by atoms with E-state index in [0.717, 1.165) is 73.0 Å². The zero-order valence-electron chi connectivity index (χ0n) is 34.9. The first-order valence-electron chi connectivity index (χ1n) is 21.0. The lowest BCUT2D eigenvalue weighted by molar-refractivity contribution is -0.145. The van der Waals surface area contributed by atoms with Crippen molar-refractivity contribution in [2.75, 3.05) is 89.0 Å². The Morgan fingerprint density at radius 1 is 0.763 bits per heavy atom. The summed E-state index contributed by atoms with van der Waals surface area (Å²) in [6, 6.07) is 33.6. The highest BCUT2D eigenvalue weighted by molar-refractivity contribution is 5.96. The molecule has 0 unspecified atom stereocenters. The Labute approximate surface area is 350 Å². The lowest BCUT2D eigenvalue weighted by Gasteiger charge is -2.39. The lowest BCUT2D eigenvalue weighted by atomic mass is 10.0. The third-order valence-electron chi connectivity index (χ3n) is 11.3. The van der Waals surface area contributed by atoms with Crippen LogP contribution in [0.2, 0.25) is 0 Å². The first-order valence-corrected chi connectivity index (χ1v) is 21.0. The van der Waals surface area contributed by atoms with E-state index >= 15 is 0 Å². The van der Waals surface area contributed by atoms with Crippen molar-refractivity contribution in [3.8, 4) is 5.75 Å². The first kappa shape index (κ1) is 42.9. The fraction of sp³-hybridized carbons (Fsp3) is 0.396. The topological polar surface area (TPSA) is 100 Å². The summed E-state index contributed by atoms with van der Waals surface area (Å²) in [5, 5.41) is 9.31. The maximum atomic E-state index is 14.8. The molecule has 0 saturated carbocycles. The van der Waals surface area contributed by atoms with Gasteiger partial charge in [-0.2, -0.15) is 0 Å². The highest BCUT2D eigenvalue weighted by Crippen LogP contribution is 2.23. The van der Waals surface area contributed by atoms with Gasteiger partial charge in [0.25, 0.3) is 0 Å². The fourth-order valence-electron chi connectivity index (χ4n) is 7.69. The number of rotatable bonds is 17. The first-order chi connectivity index (χ1) is 28.7. The summed E-state index contributed by atoms with van der Waals surface area (Å²) in [7, 11) is 1.97. The molecule has 4 aromatic carbocycles. The molecule has 11 heteroatoms. The number of ether oxygens (including phenoxy) is 1. The van der Waals surface area contributed by atoms with Crippen LogP contribution in [0.3, 0.4) is 0 Å². The van der Waals surface area contributed by atoms with E-state index in [-0.39, 0.29) is 30.9 Å². The van der Waals surface area contributed by atoms with E-state index in [0.29, 0.717) is 45.8 Å². The van der Waals surface area contributed by atoms with Gasteiger partial charge in [0, 0.05) is 110 Å². The largest absolute Gasteiger partial charge is 0.494 e. The standard InChI is InChI=1S/C48H60N6O5/c1-4-34-59-45-21-14-39(15-22-45)16-23-47(57)54(37-42-12-19-44(20-13-42)52-30-28-51(29-31-52)38(2)56)46(35-40-8-6-5-7-9-40)48(58)53-26-24-50(25-27-53)36-41-10-17-43(18-11-41)49(3)32-33-55/h5-23,46,55H,4,24-37H2,1-3H3/b23-16+/t46-/m0/s1. The molecule has 0 spiro atoms. The van der Waals surface area contributed by atoms with Gasteiger partial charge >= 0.3 is 0 Å². The maximum Gasteiger partial charge on any atom is 0.247 e. The van der Waals surface area contributed by atoms with Crippen LogP contribution in [-0.2, 0) is 33.9 Å². The minimum Gasteiger partial charge on any atom is -0.494 e. The number of aliphatic hydroxyl groups is 1. The van der Waals surface area contributed by atoms with Crippen molar-refractivity contribution < 1.29 is 24.2 Å². The van der Waals surface area contributed by atoms with Gasteiger partial charge < -0.3 is 34.3 Å². The summed E-state index contributed by atoms with van der Waals surface area (Å²) in [6.45, 7) is 11.5. The Bertz CT molecular complexity index is 1960. The molecular weight excluding hydrogens is 741 g/mol. The van der Waals surface area contributed by atoms with Gasteiger partial charge in [-0.15, -0.1) is 0 Å². The smallest absolute Gasteiger partial charge is 0.247 e. The van der Waals surface area contributed by atoms with Crippen LogP contribution in [0.1, 0.15) is 42.5 Å². The van der Waals surface area contributed by atoms with Gasteiger partial charge in [-0.05, 0) is 71.1 Å². The third-order valence-corrected chi connectivity index (χ3v) is 11.3. The molecule has 1 atom stereocenters. The van der Waals surface area contributed by atoms with Crippen molar-refractivity contribution in [3.05, 3.63) is 131 Å². The highest BCUT2D eigenvalue weighted by Gasteiger charge is 2.34. The number of aliphatic hydroxyl groups excluding tert-OH is 1. The van der Waals surface area contributed by atoms with Crippen LogP contribution in [0.5, 0.6) is 5.75 Å². The van der Waals surface area contributed by atoms with E-state index in [9.17, 15) is 19.5 Å². The van der Waals surface area contributed by atoms with Crippen molar-refractivity contribution in [2.45, 2.75) is 45.8 Å². The van der Waals surface area contributed by atoms with Gasteiger partial charge in [-0.3, -0.25) is 19.3 Å².